The van der Waals surface area contributed by atoms with Crippen molar-refractivity contribution in [1.82, 2.24) is 5.32 Å². The van der Waals surface area contributed by atoms with Gasteiger partial charge in [-0.3, -0.25) is 0 Å². The molecule has 1 saturated heterocycles. The molecule has 3 fully saturated rings. The topological polar surface area (TPSA) is 12.0 Å². The molecule has 0 aromatic rings. The van der Waals surface area contributed by atoms with Crippen LogP contribution in [0.5, 0.6) is 0 Å². The standard InChI is InChI=1S/C11H19N/c1-2-4-9(3-1)10-7-11(5-6-11)12-8-10/h9-10,12H,1-8H2. The lowest BCUT2D eigenvalue weighted by molar-refractivity contribution is 0.358. The molecule has 68 valence electrons. The Morgan fingerprint density at radius 2 is 1.75 bits per heavy atom. The monoisotopic (exact) mass is 165 g/mol. The second kappa shape index (κ2) is 2.47. The van der Waals surface area contributed by atoms with E-state index in [0.717, 1.165) is 11.8 Å². The second-order valence-corrected chi connectivity index (χ2v) is 5.17. The summed E-state index contributed by atoms with van der Waals surface area (Å²) in [7, 11) is 0. The normalized spacial score (nSPS) is 39.5. The zero-order valence-electron chi connectivity index (χ0n) is 7.81. The summed E-state index contributed by atoms with van der Waals surface area (Å²) in [5.41, 5.74) is 0.674. The second-order valence-electron chi connectivity index (χ2n) is 5.17. The van der Waals surface area contributed by atoms with Gasteiger partial charge in [-0.05, 0) is 37.6 Å². The number of rotatable bonds is 1. The average molecular weight is 165 g/mol. The molecular weight excluding hydrogens is 146 g/mol. The molecular formula is C11H19N. The minimum absolute atomic E-state index is 0.674. The van der Waals surface area contributed by atoms with Crippen molar-refractivity contribution in [2.24, 2.45) is 11.8 Å². The van der Waals surface area contributed by atoms with E-state index in [4.69, 9.17) is 0 Å². The highest BCUT2D eigenvalue weighted by Crippen LogP contribution is 2.48. The quantitative estimate of drug-likeness (QED) is 0.628. The van der Waals surface area contributed by atoms with Crippen molar-refractivity contribution in [1.29, 1.82) is 0 Å². The fraction of sp³-hybridized carbons (Fsp3) is 1.00. The van der Waals surface area contributed by atoms with E-state index < -0.39 is 0 Å². The number of hydrogen-bond donors (Lipinski definition) is 1. The van der Waals surface area contributed by atoms with Crippen molar-refractivity contribution in [3.63, 3.8) is 0 Å². The number of nitrogens with one attached hydrogen (secondary N) is 1. The molecule has 1 spiro atoms. The van der Waals surface area contributed by atoms with E-state index in [9.17, 15) is 0 Å². The summed E-state index contributed by atoms with van der Waals surface area (Å²) in [5.74, 6) is 2.15. The van der Waals surface area contributed by atoms with Gasteiger partial charge in [0, 0.05) is 5.54 Å². The lowest BCUT2D eigenvalue weighted by atomic mass is 9.88. The van der Waals surface area contributed by atoms with Crippen molar-refractivity contribution >= 4 is 0 Å². The molecule has 0 aromatic heterocycles. The van der Waals surface area contributed by atoms with Crippen molar-refractivity contribution in [2.75, 3.05) is 6.54 Å². The number of hydrogen-bond acceptors (Lipinski definition) is 1. The Morgan fingerprint density at radius 3 is 2.33 bits per heavy atom. The Bertz CT molecular complexity index is 177. The van der Waals surface area contributed by atoms with Crippen LogP contribution in [0.4, 0.5) is 0 Å². The molecule has 0 bridgehead atoms. The first-order valence-corrected chi connectivity index (χ1v) is 5.63. The zero-order valence-corrected chi connectivity index (χ0v) is 7.81. The van der Waals surface area contributed by atoms with Crippen LogP contribution in [0.1, 0.15) is 44.9 Å². The molecule has 1 atom stereocenters. The van der Waals surface area contributed by atoms with Crippen molar-refractivity contribution in [3.05, 3.63) is 0 Å². The minimum Gasteiger partial charge on any atom is -0.311 e. The Balaban J connectivity index is 1.63. The van der Waals surface area contributed by atoms with Crippen LogP contribution < -0.4 is 5.32 Å². The van der Waals surface area contributed by atoms with Crippen molar-refractivity contribution < 1.29 is 0 Å². The Labute approximate surface area is 74.9 Å². The van der Waals surface area contributed by atoms with Crippen LogP contribution in [0.15, 0.2) is 0 Å². The van der Waals surface area contributed by atoms with Crippen LogP contribution in [0.3, 0.4) is 0 Å². The smallest absolute Gasteiger partial charge is 0.0186 e. The summed E-state index contributed by atoms with van der Waals surface area (Å²) in [6, 6.07) is 0. The minimum atomic E-state index is 0.674. The van der Waals surface area contributed by atoms with E-state index >= 15 is 0 Å². The molecule has 1 aliphatic heterocycles. The molecule has 1 N–H and O–H groups in total. The van der Waals surface area contributed by atoms with Crippen molar-refractivity contribution in [3.8, 4) is 0 Å². The molecule has 2 saturated carbocycles. The van der Waals surface area contributed by atoms with Gasteiger partial charge in [0.05, 0.1) is 0 Å². The van der Waals surface area contributed by atoms with Gasteiger partial charge in [0.2, 0.25) is 0 Å². The maximum atomic E-state index is 3.73. The summed E-state index contributed by atoms with van der Waals surface area (Å²) < 4.78 is 0. The van der Waals surface area contributed by atoms with Gasteiger partial charge in [0.15, 0.2) is 0 Å². The predicted octanol–water partition coefficient (Wildman–Crippen LogP) is 2.32. The Kier molecular flexibility index (Phi) is 1.52. The molecule has 3 aliphatic rings. The average Bonchev–Trinajstić information content (AvgIpc) is 2.54. The first-order chi connectivity index (χ1) is 5.88. The molecule has 2 aliphatic carbocycles. The fourth-order valence-corrected chi connectivity index (χ4v) is 3.29. The lowest BCUT2D eigenvalue weighted by Crippen LogP contribution is -2.22. The largest absolute Gasteiger partial charge is 0.311 e. The summed E-state index contributed by atoms with van der Waals surface area (Å²) in [6.45, 7) is 1.34. The van der Waals surface area contributed by atoms with Gasteiger partial charge in [-0.1, -0.05) is 25.7 Å². The van der Waals surface area contributed by atoms with E-state index in [1.54, 1.807) is 0 Å². The van der Waals surface area contributed by atoms with E-state index in [0.29, 0.717) is 5.54 Å². The fourth-order valence-electron chi connectivity index (χ4n) is 3.29. The SMILES string of the molecule is C1CCC(C2CNC3(CC3)C2)C1. The highest BCUT2D eigenvalue weighted by Gasteiger charge is 2.49. The van der Waals surface area contributed by atoms with Gasteiger partial charge in [-0.25, -0.2) is 0 Å². The van der Waals surface area contributed by atoms with Crippen LogP contribution in [-0.2, 0) is 0 Å². The van der Waals surface area contributed by atoms with Gasteiger partial charge in [-0.2, -0.15) is 0 Å². The molecule has 1 heteroatoms. The molecule has 1 unspecified atom stereocenters. The van der Waals surface area contributed by atoms with Crippen LogP contribution in [-0.4, -0.2) is 12.1 Å². The molecule has 1 heterocycles. The summed E-state index contributed by atoms with van der Waals surface area (Å²) in [4.78, 5) is 0. The zero-order chi connectivity index (χ0) is 8.02. The van der Waals surface area contributed by atoms with Gasteiger partial charge < -0.3 is 5.32 Å². The molecule has 1 nitrogen and oxygen atoms in total. The summed E-state index contributed by atoms with van der Waals surface area (Å²) in [5, 5.41) is 3.73. The summed E-state index contributed by atoms with van der Waals surface area (Å²) in [6.07, 6.45) is 10.5. The van der Waals surface area contributed by atoms with Gasteiger partial charge >= 0.3 is 0 Å². The van der Waals surface area contributed by atoms with Crippen LogP contribution >= 0.6 is 0 Å². The van der Waals surface area contributed by atoms with Crippen LogP contribution in [0.25, 0.3) is 0 Å². The maximum Gasteiger partial charge on any atom is 0.0186 e. The Morgan fingerprint density at radius 1 is 1.00 bits per heavy atom. The third kappa shape index (κ3) is 1.10. The van der Waals surface area contributed by atoms with Crippen molar-refractivity contribution in [2.45, 2.75) is 50.5 Å². The molecule has 3 rings (SSSR count). The third-order valence-corrected chi connectivity index (χ3v) is 4.31. The van der Waals surface area contributed by atoms with Gasteiger partial charge in [0.25, 0.3) is 0 Å². The molecule has 0 radical (unpaired) electrons. The highest BCUT2D eigenvalue weighted by atomic mass is 15.1. The van der Waals surface area contributed by atoms with E-state index in [-0.39, 0.29) is 0 Å². The van der Waals surface area contributed by atoms with E-state index in [1.165, 1.54) is 51.5 Å². The van der Waals surface area contributed by atoms with E-state index in [2.05, 4.69) is 5.32 Å². The van der Waals surface area contributed by atoms with Gasteiger partial charge in [-0.15, -0.1) is 0 Å². The highest BCUT2D eigenvalue weighted by molar-refractivity contribution is 5.08. The predicted molar refractivity (Wildman–Crippen MR) is 50.0 cm³/mol. The first kappa shape index (κ1) is 7.37. The summed E-state index contributed by atoms with van der Waals surface area (Å²) >= 11 is 0. The molecule has 0 amide bonds. The van der Waals surface area contributed by atoms with Gasteiger partial charge in [0.1, 0.15) is 0 Å². The van der Waals surface area contributed by atoms with Crippen LogP contribution in [0, 0.1) is 11.8 Å². The molecule has 12 heavy (non-hydrogen) atoms. The first-order valence-electron chi connectivity index (χ1n) is 5.63. The maximum absolute atomic E-state index is 3.73. The van der Waals surface area contributed by atoms with Crippen LogP contribution in [0.2, 0.25) is 0 Å². The molecule has 0 aromatic carbocycles. The third-order valence-electron chi connectivity index (χ3n) is 4.31. The Hall–Kier alpha value is -0.0400. The lowest BCUT2D eigenvalue weighted by Gasteiger charge is -2.16. The van der Waals surface area contributed by atoms with E-state index in [1.807, 2.05) is 0 Å².